The van der Waals surface area contributed by atoms with Gasteiger partial charge >= 0.3 is 5.97 Å². The Morgan fingerprint density at radius 2 is 1.79 bits per heavy atom. The lowest BCUT2D eigenvalue weighted by atomic mass is 10.00. The summed E-state index contributed by atoms with van der Waals surface area (Å²) in [5.74, 6) is 5.23. The highest BCUT2D eigenvalue weighted by Gasteiger charge is 2.30. The van der Waals surface area contributed by atoms with E-state index in [-0.39, 0.29) is 6.61 Å². The number of carbonyl (C=O) groups is 2. The van der Waals surface area contributed by atoms with Crippen LogP contribution in [0.25, 0.3) is 0 Å². The average Bonchev–Trinajstić information content (AvgIpc) is 2.70. The number of ether oxygens (including phenoxy) is 1. The molecule has 1 aromatic rings. The van der Waals surface area contributed by atoms with Gasteiger partial charge in [-0.05, 0) is 31.0 Å². The standard InChI is InChI=1S/C24H35NO4/c1-4-6-7-8-9-10-11-12-13-15-20-16-14-17-21(18-20)23(27)22(25-19(3)26)24(28)29-5-2/h14,16-18,22-23,27H,4-12H2,1-3H3,(H,25,26). The quantitative estimate of drug-likeness (QED) is 0.311. The fraction of sp³-hybridized carbons (Fsp3) is 0.583. The Kier molecular flexibility index (Phi) is 12.5. The minimum Gasteiger partial charge on any atom is -0.464 e. The summed E-state index contributed by atoms with van der Waals surface area (Å²) < 4.78 is 4.97. The molecule has 1 rings (SSSR count). The largest absolute Gasteiger partial charge is 0.464 e. The highest BCUT2D eigenvalue weighted by Crippen LogP contribution is 2.19. The summed E-state index contributed by atoms with van der Waals surface area (Å²) in [7, 11) is 0. The zero-order valence-electron chi connectivity index (χ0n) is 18.0. The van der Waals surface area contributed by atoms with E-state index in [1.54, 1.807) is 25.1 Å². The summed E-state index contributed by atoms with van der Waals surface area (Å²) in [6.07, 6.45) is 8.41. The van der Waals surface area contributed by atoms with Gasteiger partial charge in [-0.3, -0.25) is 4.79 Å². The normalized spacial score (nSPS) is 12.4. The van der Waals surface area contributed by atoms with E-state index >= 15 is 0 Å². The number of hydrogen-bond acceptors (Lipinski definition) is 4. The molecular formula is C24H35NO4. The van der Waals surface area contributed by atoms with Crippen molar-refractivity contribution >= 4 is 11.9 Å². The lowest BCUT2D eigenvalue weighted by Crippen LogP contribution is -2.45. The van der Waals surface area contributed by atoms with Gasteiger partial charge in [-0.1, -0.05) is 69.4 Å². The number of benzene rings is 1. The summed E-state index contributed by atoms with van der Waals surface area (Å²) in [5, 5.41) is 13.1. The maximum Gasteiger partial charge on any atom is 0.331 e. The highest BCUT2D eigenvalue weighted by molar-refractivity contribution is 5.84. The first-order valence-corrected chi connectivity index (χ1v) is 10.7. The molecule has 0 saturated carbocycles. The van der Waals surface area contributed by atoms with E-state index in [1.807, 2.05) is 6.07 Å². The fourth-order valence-electron chi connectivity index (χ4n) is 3.05. The summed E-state index contributed by atoms with van der Waals surface area (Å²) >= 11 is 0. The highest BCUT2D eigenvalue weighted by atomic mass is 16.5. The second-order valence-electron chi connectivity index (χ2n) is 7.17. The summed E-state index contributed by atoms with van der Waals surface area (Å²) in [6, 6.07) is 5.96. The van der Waals surface area contributed by atoms with Gasteiger partial charge in [0.1, 0.15) is 6.10 Å². The molecule has 0 aliphatic rings. The zero-order valence-corrected chi connectivity index (χ0v) is 18.0. The van der Waals surface area contributed by atoms with E-state index < -0.39 is 24.0 Å². The van der Waals surface area contributed by atoms with Gasteiger partial charge in [-0.25, -0.2) is 4.79 Å². The second-order valence-corrected chi connectivity index (χ2v) is 7.17. The molecule has 2 unspecified atom stereocenters. The third-order valence-corrected chi connectivity index (χ3v) is 4.58. The van der Waals surface area contributed by atoms with Gasteiger partial charge in [0.25, 0.3) is 0 Å². The molecule has 0 aliphatic carbocycles. The molecule has 160 valence electrons. The first-order valence-electron chi connectivity index (χ1n) is 10.7. The second kappa shape index (κ2) is 14.6. The molecule has 2 atom stereocenters. The SMILES string of the molecule is CCCCCCCCCC#Cc1cccc(C(O)C(NC(C)=O)C(=O)OCC)c1. The van der Waals surface area contributed by atoms with Crippen molar-refractivity contribution in [3.63, 3.8) is 0 Å². The van der Waals surface area contributed by atoms with Crippen LogP contribution >= 0.6 is 0 Å². The molecule has 2 N–H and O–H groups in total. The van der Waals surface area contributed by atoms with Crippen LogP contribution in [-0.4, -0.2) is 29.6 Å². The third kappa shape index (κ3) is 10.1. The predicted octanol–water partition coefficient (Wildman–Crippen LogP) is 4.28. The lowest BCUT2D eigenvalue weighted by molar-refractivity contribution is -0.150. The van der Waals surface area contributed by atoms with Crippen molar-refractivity contribution in [3.05, 3.63) is 35.4 Å². The molecule has 29 heavy (non-hydrogen) atoms. The third-order valence-electron chi connectivity index (χ3n) is 4.58. The number of esters is 1. The monoisotopic (exact) mass is 401 g/mol. The summed E-state index contributed by atoms with van der Waals surface area (Å²) in [4.78, 5) is 23.5. The van der Waals surface area contributed by atoms with Crippen molar-refractivity contribution in [3.8, 4) is 11.8 Å². The Balaban J connectivity index is 2.64. The number of rotatable bonds is 12. The smallest absolute Gasteiger partial charge is 0.331 e. The predicted molar refractivity (Wildman–Crippen MR) is 115 cm³/mol. The first kappa shape index (κ1) is 24.7. The van der Waals surface area contributed by atoms with Crippen molar-refractivity contribution in [2.75, 3.05) is 6.61 Å². The van der Waals surface area contributed by atoms with Crippen LogP contribution in [0.15, 0.2) is 24.3 Å². The molecule has 5 nitrogen and oxygen atoms in total. The number of amides is 1. The summed E-state index contributed by atoms with van der Waals surface area (Å²) in [5.41, 5.74) is 1.29. The topological polar surface area (TPSA) is 75.6 Å². The zero-order chi connectivity index (χ0) is 21.5. The molecule has 0 aliphatic heterocycles. The van der Waals surface area contributed by atoms with E-state index in [2.05, 4.69) is 24.1 Å². The Bertz CT molecular complexity index is 690. The first-order chi connectivity index (χ1) is 14.0. The van der Waals surface area contributed by atoms with Gasteiger partial charge < -0.3 is 15.2 Å². The minimum absolute atomic E-state index is 0.172. The molecule has 1 aromatic carbocycles. The Morgan fingerprint density at radius 1 is 1.10 bits per heavy atom. The maximum absolute atomic E-state index is 12.1. The van der Waals surface area contributed by atoms with Crippen LogP contribution in [0.1, 0.15) is 89.4 Å². The van der Waals surface area contributed by atoms with Crippen LogP contribution in [0.5, 0.6) is 0 Å². The van der Waals surface area contributed by atoms with Crippen molar-refractivity contribution in [2.24, 2.45) is 0 Å². The average molecular weight is 402 g/mol. The molecule has 0 radical (unpaired) electrons. The van der Waals surface area contributed by atoms with E-state index in [0.29, 0.717) is 5.56 Å². The molecule has 0 heterocycles. The van der Waals surface area contributed by atoms with Crippen molar-refractivity contribution in [2.45, 2.75) is 84.3 Å². The number of nitrogens with one attached hydrogen (secondary N) is 1. The van der Waals surface area contributed by atoms with Crippen molar-refractivity contribution in [1.82, 2.24) is 5.32 Å². The molecule has 0 spiro atoms. The van der Waals surface area contributed by atoms with Crippen LogP contribution in [0, 0.1) is 11.8 Å². The van der Waals surface area contributed by atoms with E-state index in [4.69, 9.17) is 4.74 Å². The Labute approximate surface area is 175 Å². The fourth-order valence-corrected chi connectivity index (χ4v) is 3.05. The van der Waals surface area contributed by atoms with E-state index in [1.165, 1.54) is 45.4 Å². The molecular weight excluding hydrogens is 366 g/mol. The number of aliphatic hydroxyl groups is 1. The molecule has 0 fully saturated rings. The van der Waals surface area contributed by atoms with Crippen LogP contribution in [0.4, 0.5) is 0 Å². The molecule has 5 heteroatoms. The molecule has 0 saturated heterocycles. The Hall–Kier alpha value is -2.32. The van der Waals surface area contributed by atoms with Gasteiger partial charge in [0.15, 0.2) is 6.04 Å². The van der Waals surface area contributed by atoms with Crippen molar-refractivity contribution in [1.29, 1.82) is 0 Å². The van der Waals surface area contributed by atoms with Gasteiger partial charge in [0, 0.05) is 18.9 Å². The molecule has 0 bridgehead atoms. The van der Waals surface area contributed by atoms with Gasteiger partial charge in [-0.15, -0.1) is 0 Å². The van der Waals surface area contributed by atoms with Crippen LogP contribution in [-0.2, 0) is 14.3 Å². The van der Waals surface area contributed by atoms with Crippen LogP contribution < -0.4 is 5.32 Å². The lowest BCUT2D eigenvalue weighted by Gasteiger charge is -2.22. The van der Waals surface area contributed by atoms with E-state index in [9.17, 15) is 14.7 Å². The number of carbonyl (C=O) groups excluding carboxylic acids is 2. The molecule has 0 aromatic heterocycles. The van der Waals surface area contributed by atoms with Gasteiger partial charge in [0.05, 0.1) is 6.61 Å². The van der Waals surface area contributed by atoms with Crippen LogP contribution in [0.2, 0.25) is 0 Å². The maximum atomic E-state index is 12.1. The van der Waals surface area contributed by atoms with Gasteiger partial charge in [0.2, 0.25) is 5.91 Å². The van der Waals surface area contributed by atoms with Gasteiger partial charge in [-0.2, -0.15) is 0 Å². The number of unbranched alkanes of at least 4 members (excludes halogenated alkanes) is 7. The molecule has 1 amide bonds. The number of aliphatic hydroxyl groups excluding tert-OH is 1. The van der Waals surface area contributed by atoms with E-state index in [0.717, 1.165) is 18.4 Å². The Morgan fingerprint density at radius 3 is 2.45 bits per heavy atom. The summed E-state index contributed by atoms with van der Waals surface area (Å²) in [6.45, 7) is 5.37. The van der Waals surface area contributed by atoms with Crippen molar-refractivity contribution < 1.29 is 19.4 Å². The van der Waals surface area contributed by atoms with Crippen LogP contribution in [0.3, 0.4) is 0 Å². The minimum atomic E-state index is -1.21. The number of hydrogen-bond donors (Lipinski definition) is 2.